The standard InChI is InChI=1S/C11H13F3N2O2/c12-11(13,14)9-4-5-10(17)16(15-9)7-8-3-1-2-6-18-8/h4-5,8H,1-3,6-7H2. The normalized spacial score (nSPS) is 20.9. The molecule has 0 N–H and O–H groups in total. The summed E-state index contributed by atoms with van der Waals surface area (Å²) in [5.74, 6) is 0. The van der Waals surface area contributed by atoms with Crippen LogP contribution in [0.25, 0.3) is 0 Å². The second kappa shape index (κ2) is 5.09. The molecule has 0 saturated carbocycles. The van der Waals surface area contributed by atoms with Crippen LogP contribution in [0, 0.1) is 0 Å². The van der Waals surface area contributed by atoms with Gasteiger partial charge in [-0.1, -0.05) is 0 Å². The highest BCUT2D eigenvalue weighted by Crippen LogP contribution is 2.26. The van der Waals surface area contributed by atoms with Crippen molar-refractivity contribution in [1.29, 1.82) is 0 Å². The Bertz CT molecular complexity index is 464. The first-order chi connectivity index (χ1) is 8.47. The topological polar surface area (TPSA) is 44.1 Å². The first-order valence-electron chi connectivity index (χ1n) is 5.74. The molecule has 0 radical (unpaired) electrons. The fourth-order valence-corrected chi connectivity index (χ4v) is 1.88. The summed E-state index contributed by atoms with van der Waals surface area (Å²) >= 11 is 0. The minimum atomic E-state index is -4.54. The Balaban J connectivity index is 2.18. The number of alkyl halides is 3. The van der Waals surface area contributed by atoms with Crippen molar-refractivity contribution in [3.05, 3.63) is 28.2 Å². The van der Waals surface area contributed by atoms with Gasteiger partial charge in [-0.15, -0.1) is 0 Å². The van der Waals surface area contributed by atoms with Crippen molar-refractivity contribution in [3.8, 4) is 0 Å². The first-order valence-corrected chi connectivity index (χ1v) is 5.74. The van der Waals surface area contributed by atoms with Gasteiger partial charge in [-0.05, 0) is 25.3 Å². The highest BCUT2D eigenvalue weighted by molar-refractivity contribution is 5.04. The quantitative estimate of drug-likeness (QED) is 0.816. The summed E-state index contributed by atoms with van der Waals surface area (Å²) in [5, 5.41) is 3.34. The van der Waals surface area contributed by atoms with E-state index in [2.05, 4.69) is 5.10 Å². The molecule has 18 heavy (non-hydrogen) atoms. The van der Waals surface area contributed by atoms with Gasteiger partial charge >= 0.3 is 6.18 Å². The molecule has 4 nitrogen and oxygen atoms in total. The minimum Gasteiger partial charge on any atom is -0.376 e. The van der Waals surface area contributed by atoms with E-state index in [1.807, 2.05) is 0 Å². The lowest BCUT2D eigenvalue weighted by Gasteiger charge is -2.22. The third-order valence-corrected chi connectivity index (χ3v) is 2.81. The van der Waals surface area contributed by atoms with E-state index in [0.717, 1.165) is 30.0 Å². The maximum absolute atomic E-state index is 12.5. The third-order valence-electron chi connectivity index (χ3n) is 2.81. The number of aromatic nitrogens is 2. The van der Waals surface area contributed by atoms with Gasteiger partial charge in [-0.2, -0.15) is 18.3 Å². The molecule has 100 valence electrons. The Morgan fingerprint density at radius 1 is 1.39 bits per heavy atom. The van der Waals surface area contributed by atoms with Gasteiger partial charge in [0, 0.05) is 12.7 Å². The summed E-state index contributed by atoms with van der Waals surface area (Å²) in [7, 11) is 0. The van der Waals surface area contributed by atoms with Gasteiger partial charge in [0.25, 0.3) is 5.56 Å². The van der Waals surface area contributed by atoms with E-state index in [9.17, 15) is 18.0 Å². The molecule has 1 atom stereocenters. The van der Waals surface area contributed by atoms with Crippen molar-refractivity contribution in [1.82, 2.24) is 9.78 Å². The molecule has 1 unspecified atom stereocenters. The SMILES string of the molecule is O=c1ccc(C(F)(F)F)nn1CC1CCCCO1. The fourth-order valence-electron chi connectivity index (χ4n) is 1.88. The van der Waals surface area contributed by atoms with Crippen LogP contribution in [-0.2, 0) is 17.5 Å². The molecular weight excluding hydrogens is 249 g/mol. The molecule has 0 aliphatic carbocycles. The lowest BCUT2D eigenvalue weighted by atomic mass is 10.1. The van der Waals surface area contributed by atoms with Crippen molar-refractivity contribution >= 4 is 0 Å². The number of ether oxygens (including phenoxy) is 1. The van der Waals surface area contributed by atoms with Crippen LogP contribution in [0.15, 0.2) is 16.9 Å². The smallest absolute Gasteiger partial charge is 0.376 e. The number of hydrogen-bond acceptors (Lipinski definition) is 3. The summed E-state index contributed by atoms with van der Waals surface area (Å²) < 4.78 is 43.6. The highest BCUT2D eigenvalue weighted by Gasteiger charge is 2.33. The summed E-state index contributed by atoms with van der Waals surface area (Å²) in [4.78, 5) is 11.4. The van der Waals surface area contributed by atoms with Crippen LogP contribution < -0.4 is 5.56 Å². The molecule has 0 amide bonds. The Labute approximate surface area is 101 Å². The van der Waals surface area contributed by atoms with Crippen LogP contribution in [0.3, 0.4) is 0 Å². The fraction of sp³-hybridized carbons (Fsp3) is 0.636. The van der Waals surface area contributed by atoms with E-state index in [0.29, 0.717) is 12.7 Å². The highest BCUT2D eigenvalue weighted by atomic mass is 19.4. The lowest BCUT2D eigenvalue weighted by molar-refractivity contribution is -0.142. The molecule has 1 aliphatic heterocycles. The summed E-state index contributed by atoms with van der Waals surface area (Å²) in [6, 6.07) is 1.58. The molecule has 0 bridgehead atoms. The third kappa shape index (κ3) is 3.10. The molecule has 7 heteroatoms. The first kappa shape index (κ1) is 13.1. The minimum absolute atomic E-state index is 0.0722. The lowest BCUT2D eigenvalue weighted by Crippen LogP contribution is -2.33. The Morgan fingerprint density at radius 2 is 2.17 bits per heavy atom. The van der Waals surface area contributed by atoms with Crippen molar-refractivity contribution in [2.75, 3.05) is 6.61 Å². The van der Waals surface area contributed by atoms with E-state index in [-0.39, 0.29) is 12.6 Å². The van der Waals surface area contributed by atoms with Gasteiger partial charge in [-0.3, -0.25) is 4.79 Å². The van der Waals surface area contributed by atoms with Crippen LogP contribution in [0.1, 0.15) is 25.0 Å². The second-order valence-electron chi connectivity index (χ2n) is 4.23. The van der Waals surface area contributed by atoms with Gasteiger partial charge in [0.15, 0.2) is 5.69 Å². The zero-order valence-electron chi connectivity index (χ0n) is 9.61. The van der Waals surface area contributed by atoms with Crippen LogP contribution >= 0.6 is 0 Å². The van der Waals surface area contributed by atoms with Gasteiger partial charge in [0.1, 0.15) is 0 Å². The van der Waals surface area contributed by atoms with Gasteiger partial charge in [0.05, 0.1) is 12.6 Å². The zero-order chi connectivity index (χ0) is 13.2. The number of halogens is 3. The summed E-state index contributed by atoms with van der Waals surface area (Å²) in [6.07, 6.45) is -2.13. The molecule has 0 aromatic carbocycles. The molecular formula is C11H13F3N2O2. The predicted octanol–water partition coefficient (Wildman–Crippen LogP) is 1.83. The van der Waals surface area contributed by atoms with E-state index in [1.54, 1.807) is 0 Å². The van der Waals surface area contributed by atoms with Crippen LogP contribution in [-0.4, -0.2) is 22.5 Å². The number of nitrogens with zero attached hydrogens (tertiary/aromatic N) is 2. The number of rotatable bonds is 2. The van der Waals surface area contributed by atoms with Crippen molar-refractivity contribution < 1.29 is 17.9 Å². The monoisotopic (exact) mass is 262 g/mol. The Morgan fingerprint density at radius 3 is 2.78 bits per heavy atom. The Hall–Kier alpha value is -1.37. The molecule has 0 spiro atoms. The molecule has 1 aromatic rings. The van der Waals surface area contributed by atoms with Gasteiger partial charge < -0.3 is 4.74 Å². The number of hydrogen-bond donors (Lipinski definition) is 0. The maximum atomic E-state index is 12.5. The molecule has 1 saturated heterocycles. The molecule has 2 heterocycles. The second-order valence-corrected chi connectivity index (χ2v) is 4.23. The largest absolute Gasteiger partial charge is 0.435 e. The molecule has 1 aliphatic rings. The molecule has 1 aromatic heterocycles. The average molecular weight is 262 g/mol. The molecule has 1 fully saturated rings. The summed E-state index contributed by atoms with van der Waals surface area (Å²) in [5.41, 5.74) is -1.60. The van der Waals surface area contributed by atoms with Crippen molar-refractivity contribution in [2.45, 2.75) is 38.1 Å². The van der Waals surface area contributed by atoms with Crippen LogP contribution in [0.4, 0.5) is 13.2 Å². The zero-order valence-corrected chi connectivity index (χ0v) is 9.61. The van der Waals surface area contributed by atoms with Crippen molar-refractivity contribution in [3.63, 3.8) is 0 Å². The van der Waals surface area contributed by atoms with E-state index in [1.165, 1.54) is 0 Å². The van der Waals surface area contributed by atoms with E-state index in [4.69, 9.17) is 4.74 Å². The maximum Gasteiger partial charge on any atom is 0.435 e. The van der Waals surface area contributed by atoms with Crippen LogP contribution in [0.2, 0.25) is 0 Å². The summed E-state index contributed by atoms with van der Waals surface area (Å²) in [6.45, 7) is 0.654. The predicted molar refractivity (Wildman–Crippen MR) is 57.1 cm³/mol. The molecule has 2 rings (SSSR count). The van der Waals surface area contributed by atoms with Crippen LogP contribution in [0.5, 0.6) is 0 Å². The van der Waals surface area contributed by atoms with Gasteiger partial charge in [-0.25, -0.2) is 4.68 Å². The van der Waals surface area contributed by atoms with Crippen molar-refractivity contribution in [2.24, 2.45) is 0 Å². The Kier molecular flexibility index (Phi) is 3.70. The average Bonchev–Trinajstić information content (AvgIpc) is 2.32. The van der Waals surface area contributed by atoms with Gasteiger partial charge in [0.2, 0.25) is 0 Å². The van der Waals surface area contributed by atoms with E-state index >= 15 is 0 Å². The van der Waals surface area contributed by atoms with E-state index < -0.39 is 17.4 Å².